The van der Waals surface area contributed by atoms with Gasteiger partial charge in [0.2, 0.25) is 5.91 Å². The smallest absolute Gasteiger partial charge is 0.219 e. The molecule has 0 unspecified atom stereocenters. The summed E-state index contributed by atoms with van der Waals surface area (Å²) in [5, 5.41) is 4.31. The van der Waals surface area contributed by atoms with E-state index in [9.17, 15) is 4.79 Å². The van der Waals surface area contributed by atoms with Gasteiger partial charge >= 0.3 is 0 Å². The predicted molar refractivity (Wildman–Crippen MR) is 121 cm³/mol. The standard InChI is InChI=1S/C22H34N4O2S/c1-3-19-6-4-5-7-21(19)23-22(29)26(13-12-24-14-16-28-17-15-24)20-8-10-25(11-9-20)18(2)27/h4-7,20H,3,8-17H2,1-2H3,(H,23,29). The molecule has 0 saturated carbocycles. The third kappa shape index (κ3) is 6.14. The normalized spacial score (nSPS) is 18.5. The lowest BCUT2D eigenvalue weighted by molar-refractivity contribution is -0.130. The number of ether oxygens (including phenoxy) is 1. The van der Waals surface area contributed by atoms with Crippen molar-refractivity contribution in [2.24, 2.45) is 0 Å². The largest absolute Gasteiger partial charge is 0.379 e. The molecule has 2 fully saturated rings. The molecule has 1 aromatic carbocycles. The Morgan fingerprint density at radius 3 is 2.55 bits per heavy atom. The number of anilines is 1. The summed E-state index contributed by atoms with van der Waals surface area (Å²) in [5.41, 5.74) is 2.37. The first-order chi connectivity index (χ1) is 14.1. The van der Waals surface area contributed by atoms with Gasteiger partial charge in [0.1, 0.15) is 0 Å². The summed E-state index contributed by atoms with van der Waals surface area (Å²) in [6.07, 6.45) is 2.89. The van der Waals surface area contributed by atoms with E-state index >= 15 is 0 Å². The van der Waals surface area contributed by atoms with Crippen LogP contribution in [0.4, 0.5) is 5.69 Å². The lowest BCUT2D eigenvalue weighted by Gasteiger charge is -2.41. The third-order valence-corrected chi connectivity index (χ3v) is 6.35. The van der Waals surface area contributed by atoms with Crippen LogP contribution in [-0.2, 0) is 16.0 Å². The number of likely N-dealkylation sites (tertiary alicyclic amines) is 1. The van der Waals surface area contributed by atoms with Crippen molar-refractivity contribution in [3.8, 4) is 0 Å². The Kier molecular flexibility index (Phi) is 8.27. The van der Waals surface area contributed by atoms with Crippen molar-refractivity contribution in [2.45, 2.75) is 39.2 Å². The van der Waals surface area contributed by atoms with Crippen molar-refractivity contribution >= 4 is 28.9 Å². The van der Waals surface area contributed by atoms with Crippen molar-refractivity contribution in [3.05, 3.63) is 29.8 Å². The summed E-state index contributed by atoms with van der Waals surface area (Å²) in [7, 11) is 0. The molecule has 0 aromatic heterocycles. The molecular weight excluding hydrogens is 384 g/mol. The molecule has 0 aliphatic carbocycles. The average molecular weight is 419 g/mol. The SMILES string of the molecule is CCc1ccccc1NC(=S)N(CCN1CCOCC1)C1CCN(C(C)=O)CC1. The maximum absolute atomic E-state index is 11.7. The number of para-hydroxylation sites is 1. The fraction of sp³-hybridized carbons (Fsp3) is 0.636. The Balaban J connectivity index is 1.67. The number of carbonyl (C=O) groups is 1. The van der Waals surface area contributed by atoms with Gasteiger partial charge in [-0.15, -0.1) is 0 Å². The highest BCUT2D eigenvalue weighted by atomic mass is 32.1. The van der Waals surface area contributed by atoms with Crippen LogP contribution in [-0.4, -0.2) is 84.2 Å². The fourth-order valence-corrected chi connectivity index (χ4v) is 4.50. The topological polar surface area (TPSA) is 48.0 Å². The van der Waals surface area contributed by atoms with Gasteiger partial charge in [-0.25, -0.2) is 0 Å². The van der Waals surface area contributed by atoms with Crippen LogP contribution in [0.5, 0.6) is 0 Å². The van der Waals surface area contributed by atoms with E-state index in [2.05, 4.69) is 40.2 Å². The summed E-state index contributed by atoms with van der Waals surface area (Å²) >= 11 is 5.88. The highest BCUT2D eigenvalue weighted by Gasteiger charge is 2.28. The Hall–Kier alpha value is -1.70. The maximum Gasteiger partial charge on any atom is 0.219 e. The molecule has 0 bridgehead atoms. The van der Waals surface area contributed by atoms with Crippen LogP contribution >= 0.6 is 12.2 Å². The van der Waals surface area contributed by atoms with Gasteiger partial charge in [0.05, 0.1) is 13.2 Å². The average Bonchev–Trinajstić information content (AvgIpc) is 2.75. The molecular formula is C22H34N4O2S. The summed E-state index contributed by atoms with van der Waals surface area (Å²) < 4.78 is 5.48. The van der Waals surface area contributed by atoms with E-state index in [1.54, 1.807) is 6.92 Å². The van der Waals surface area contributed by atoms with Crippen LogP contribution < -0.4 is 5.32 Å². The number of thiocarbonyl (C=S) groups is 1. The van der Waals surface area contributed by atoms with E-state index in [4.69, 9.17) is 17.0 Å². The number of nitrogens with zero attached hydrogens (tertiary/aromatic N) is 3. The molecule has 7 heteroatoms. The Labute approximate surface area is 180 Å². The van der Waals surface area contributed by atoms with Gasteiger partial charge < -0.3 is 19.9 Å². The molecule has 29 heavy (non-hydrogen) atoms. The molecule has 3 rings (SSSR count). The summed E-state index contributed by atoms with van der Waals surface area (Å²) in [6.45, 7) is 10.9. The van der Waals surface area contributed by atoms with E-state index in [0.29, 0.717) is 6.04 Å². The van der Waals surface area contributed by atoms with Crippen LogP contribution in [0.2, 0.25) is 0 Å². The maximum atomic E-state index is 11.7. The number of piperidine rings is 1. The van der Waals surface area contributed by atoms with Crippen LogP contribution in [0, 0.1) is 0 Å². The first kappa shape index (κ1) is 22.0. The lowest BCUT2D eigenvalue weighted by atomic mass is 10.0. The molecule has 0 radical (unpaired) electrons. The zero-order chi connectivity index (χ0) is 20.6. The number of carbonyl (C=O) groups excluding carboxylic acids is 1. The highest BCUT2D eigenvalue weighted by Crippen LogP contribution is 2.21. The van der Waals surface area contributed by atoms with Crippen LogP contribution in [0.15, 0.2) is 24.3 Å². The van der Waals surface area contributed by atoms with Gasteiger partial charge in [0, 0.05) is 57.9 Å². The van der Waals surface area contributed by atoms with E-state index in [1.165, 1.54) is 5.56 Å². The molecule has 2 saturated heterocycles. The molecule has 0 atom stereocenters. The molecule has 2 aliphatic heterocycles. The summed E-state index contributed by atoms with van der Waals surface area (Å²) in [5.74, 6) is 0.167. The number of rotatable bonds is 6. The molecule has 1 aromatic rings. The number of aryl methyl sites for hydroxylation is 1. The van der Waals surface area contributed by atoms with Crippen LogP contribution in [0.25, 0.3) is 0 Å². The second-order valence-electron chi connectivity index (χ2n) is 7.83. The second kappa shape index (κ2) is 10.9. The summed E-state index contributed by atoms with van der Waals surface area (Å²) in [6, 6.07) is 8.73. The second-order valence-corrected chi connectivity index (χ2v) is 8.21. The molecule has 160 valence electrons. The van der Waals surface area contributed by atoms with E-state index in [-0.39, 0.29) is 5.91 Å². The Morgan fingerprint density at radius 2 is 1.90 bits per heavy atom. The summed E-state index contributed by atoms with van der Waals surface area (Å²) in [4.78, 5) is 18.5. The lowest BCUT2D eigenvalue weighted by Crippen LogP contribution is -2.52. The van der Waals surface area contributed by atoms with Gasteiger partial charge in [0.25, 0.3) is 0 Å². The van der Waals surface area contributed by atoms with Crippen molar-refractivity contribution < 1.29 is 9.53 Å². The van der Waals surface area contributed by atoms with Gasteiger partial charge in [-0.3, -0.25) is 9.69 Å². The zero-order valence-corrected chi connectivity index (χ0v) is 18.5. The van der Waals surface area contributed by atoms with Gasteiger partial charge in [-0.2, -0.15) is 0 Å². The van der Waals surface area contributed by atoms with Crippen molar-refractivity contribution in [3.63, 3.8) is 0 Å². The number of hydrogen-bond acceptors (Lipinski definition) is 4. The minimum absolute atomic E-state index is 0.167. The molecule has 2 aliphatic rings. The fourth-order valence-electron chi connectivity index (χ4n) is 4.15. The van der Waals surface area contributed by atoms with Crippen molar-refractivity contribution in [2.75, 3.05) is 57.8 Å². The highest BCUT2D eigenvalue weighted by molar-refractivity contribution is 7.80. The van der Waals surface area contributed by atoms with Gasteiger partial charge in [0.15, 0.2) is 5.11 Å². The van der Waals surface area contributed by atoms with Gasteiger partial charge in [-0.05, 0) is 43.1 Å². The third-order valence-electron chi connectivity index (χ3n) is 6.01. The molecule has 0 spiro atoms. The quantitative estimate of drug-likeness (QED) is 0.717. The molecule has 6 nitrogen and oxygen atoms in total. The number of morpholine rings is 1. The van der Waals surface area contributed by atoms with E-state index < -0.39 is 0 Å². The van der Waals surface area contributed by atoms with E-state index in [0.717, 1.165) is 82.5 Å². The number of benzene rings is 1. The molecule has 1 amide bonds. The Bertz CT molecular complexity index is 685. The van der Waals surface area contributed by atoms with Crippen molar-refractivity contribution in [1.82, 2.24) is 14.7 Å². The monoisotopic (exact) mass is 418 g/mol. The van der Waals surface area contributed by atoms with Crippen LogP contribution in [0.1, 0.15) is 32.3 Å². The minimum atomic E-state index is 0.167. The first-order valence-electron chi connectivity index (χ1n) is 10.8. The van der Waals surface area contributed by atoms with Crippen LogP contribution in [0.3, 0.4) is 0 Å². The zero-order valence-electron chi connectivity index (χ0n) is 17.7. The first-order valence-corrected chi connectivity index (χ1v) is 11.2. The van der Waals surface area contributed by atoms with Crippen molar-refractivity contribution in [1.29, 1.82) is 0 Å². The number of hydrogen-bond donors (Lipinski definition) is 1. The number of amides is 1. The predicted octanol–water partition coefficient (Wildman–Crippen LogP) is 2.59. The van der Waals surface area contributed by atoms with Gasteiger partial charge in [-0.1, -0.05) is 25.1 Å². The molecule has 1 N–H and O–H groups in total. The molecule has 2 heterocycles. The number of nitrogens with one attached hydrogen (secondary N) is 1. The Morgan fingerprint density at radius 1 is 1.21 bits per heavy atom. The van der Waals surface area contributed by atoms with E-state index in [1.807, 2.05) is 11.0 Å². The minimum Gasteiger partial charge on any atom is -0.379 e.